The number of aliphatic hydroxyl groups is 3. The maximum atomic E-state index is 10.1. The Bertz CT molecular complexity index is 651. The van der Waals surface area contributed by atoms with Crippen LogP contribution in [0.5, 0.6) is 0 Å². The van der Waals surface area contributed by atoms with Gasteiger partial charge in [0.05, 0.1) is 19.8 Å². The molecule has 0 aromatic carbocycles. The van der Waals surface area contributed by atoms with Crippen molar-refractivity contribution >= 4 is 23.9 Å². The third-order valence-electron chi connectivity index (χ3n) is 8.23. The van der Waals surface area contributed by atoms with Crippen molar-refractivity contribution in [3.8, 4) is 0 Å². The van der Waals surface area contributed by atoms with Gasteiger partial charge in [-0.05, 0) is 32.1 Å². The van der Waals surface area contributed by atoms with Crippen LogP contribution in [0.25, 0.3) is 0 Å². The molecule has 0 aromatic heterocycles. The van der Waals surface area contributed by atoms with E-state index in [2.05, 4.69) is 27.7 Å². The molecule has 0 spiro atoms. The van der Waals surface area contributed by atoms with E-state index >= 15 is 0 Å². The Morgan fingerprint density at radius 3 is 0.627 bits per heavy atom. The van der Waals surface area contributed by atoms with Crippen LogP contribution in [0.4, 0.5) is 0 Å². The van der Waals surface area contributed by atoms with Crippen molar-refractivity contribution in [2.75, 3.05) is 19.8 Å². The predicted octanol–water partition coefficient (Wildman–Crippen LogP) is 9.87. The second-order valence-corrected chi connectivity index (χ2v) is 13.3. The van der Waals surface area contributed by atoms with Crippen molar-refractivity contribution in [1.82, 2.24) is 0 Å². The number of unbranched alkanes of at least 4 members (excludes halogenated alkanes) is 18. The molecule has 11 heteroatoms. The van der Waals surface area contributed by atoms with E-state index in [9.17, 15) is 19.2 Å². The summed E-state index contributed by atoms with van der Waals surface area (Å²) in [5, 5.41) is 59.1. The molecule has 0 aliphatic heterocycles. The van der Waals surface area contributed by atoms with Crippen LogP contribution in [-0.4, -0.2) is 79.4 Å². The van der Waals surface area contributed by atoms with Crippen molar-refractivity contribution in [2.45, 2.75) is 208 Å². The third-order valence-corrected chi connectivity index (χ3v) is 8.23. The average Bonchev–Trinajstić information content (AvgIpc) is 3.09. The van der Waals surface area contributed by atoms with Gasteiger partial charge in [-0.2, -0.15) is 0 Å². The summed E-state index contributed by atoms with van der Waals surface area (Å²) in [7, 11) is 0. The van der Waals surface area contributed by atoms with E-state index in [1.54, 1.807) is 0 Å². The molecule has 0 amide bonds. The zero-order valence-corrected chi connectivity index (χ0v) is 33.5. The Hall–Kier alpha value is -2.24. The van der Waals surface area contributed by atoms with Gasteiger partial charge in [0.15, 0.2) is 0 Å². The molecule has 51 heavy (non-hydrogen) atoms. The monoisotopic (exact) mass is 739 g/mol. The highest BCUT2D eigenvalue weighted by atomic mass is 16.4. The molecule has 0 fully saturated rings. The van der Waals surface area contributed by atoms with Gasteiger partial charge >= 0.3 is 23.9 Å². The third kappa shape index (κ3) is 63.3. The maximum Gasteiger partial charge on any atom is 0.303 e. The van der Waals surface area contributed by atoms with Gasteiger partial charge in [-0.25, -0.2) is 0 Å². The molecular weight excluding hydrogens is 656 g/mol. The molecule has 0 radical (unpaired) electrons. The van der Waals surface area contributed by atoms with Gasteiger partial charge in [0.2, 0.25) is 0 Å². The number of aliphatic hydroxyl groups excluding tert-OH is 3. The molecule has 7 N–H and O–H groups in total. The topological polar surface area (TPSA) is 210 Å². The SMILES string of the molecule is CCC(CO)(CO)CO.CCCCCCCC(=O)O.CCCCCCCC(=O)O.CCCCCCCC(=O)O.CCCCCCCCCC(=O)O. The molecule has 308 valence electrons. The molecule has 0 heterocycles. The normalized spacial score (nSPS) is 10.2. The number of hydrogen-bond donors (Lipinski definition) is 7. The molecule has 0 aliphatic rings. The molecule has 11 nitrogen and oxygen atoms in total. The lowest BCUT2D eigenvalue weighted by Gasteiger charge is -2.24. The van der Waals surface area contributed by atoms with E-state index < -0.39 is 29.3 Å². The number of rotatable bonds is 30. The lowest BCUT2D eigenvalue weighted by atomic mass is 9.88. The first-order chi connectivity index (χ1) is 24.3. The highest BCUT2D eigenvalue weighted by Crippen LogP contribution is 2.18. The first kappa shape index (κ1) is 58.1. The maximum absolute atomic E-state index is 10.1. The van der Waals surface area contributed by atoms with E-state index in [1.807, 2.05) is 6.92 Å². The molecule has 0 saturated heterocycles. The van der Waals surface area contributed by atoms with Crippen molar-refractivity contribution < 1.29 is 54.9 Å². The van der Waals surface area contributed by atoms with Gasteiger partial charge in [-0.15, -0.1) is 0 Å². The summed E-state index contributed by atoms with van der Waals surface area (Å²) in [5.41, 5.74) is -0.667. The standard InChI is InChI=1S/C10H20O2.3C8H16O2.C6H14O3/c1-2-3-4-5-6-7-8-9-10(11)12;3*1-2-3-4-5-6-7-8(9)10;1-2-6(3-7,4-8)5-9/h2-9H2,1H3,(H,11,12);3*2-7H2,1H3,(H,9,10);7-9H,2-5H2,1H3. The fourth-order valence-corrected chi connectivity index (χ4v) is 4.36. The zero-order valence-electron chi connectivity index (χ0n) is 33.5. The highest BCUT2D eigenvalue weighted by Gasteiger charge is 2.24. The number of carboxylic acids is 4. The van der Waals surface area contributed by atoms with Crippen LogP contribution in [0.15, 0.2) is 0 Å². The van der Waals surface area contributed by atoms with E-state index in [0.717, 1.165) is 51.4 Å². The Kier molecular flexibility index (Phi) is 56.8. The zero-order chi connectivity index (χ0) is 40.0. The van der Waals surface area contributed by atoms with Gasteiger partial charge < -0.3 is 35.7 Å². The van der Waals surface area contributed by atoms with Crippen LogP contribution in [0.2, 0.25) is 0 Å². The summed E-state index contributed by atoms with van der Waals surface area (Å²) < 4.78 is 0. The Morgan fingerprint density at radius 2 is 0.510 bits per heavy atom. The molecular formula is C40H82O11. The molecule has 0 rings (SSSR count). The summed E-state index contributed by atoms with van der Waals surface area (Å²) in [6.45, 7) is 10.0. The number of aliphatic carboxylic acids is 4. The lowest BCUT2D eigenvalue weighted by molar-refractivity contribution is -0.138. The van der Waals surface area contributed by atoms with E-state index in [-0.39, 0.29) is 19.8 Å². The first-order valence-corrected chi connectivity index (χ1v) is 20.0. The van der Waals surface area contributed by atoms with Crippen molar-refractivity contribution in [3.63, 3.8) is 0 Å². The van der Waals surface area contributed by atoms with E-state index in [1.165, 1.54) is 89.9 Å². The first-order valence-electron chi connectivity index (χ1n) is 20.0. The fourth-order valence-electron chi connectivity index (χ4n) is 4.36. The quantitative estimate of drug-likeness (QED) is 0.0345. The smallest absolute Gasteiger partial charge is 0.303 e. The van der Waals surface area contributed by atoms with Crippen LogP contribution in [-0.2, 0) is 19.2 Å². The second kappa shape index (κ2) is 49.9. The Labute approximate surface area is 311 Å². The summed E-state index contributed by atoms with van der Waals surface area (Å²) in [6.07, 6.45) is 26.9. The summed E-state index contributed by atoms with van der Waals surface area (Å²) in [4.78, 5) is 40.2. The minimum absolute atomic E-state index is 0.156. The number of hydrogen-bond acceptors (Lipinski definition) is 7. The van der Waals surface area contributed by atoms with Crippen LogP contribution in [0.1, 0.15) is 208 Å². The fraction of sp³-hybridized carbons (Fsp3) is 0.900. The number of carbonyl (C=O) groups is 4. The summed E-state index contributed by atoms with van der Waals surface area (Å²) in [6, 6.07) is 0. The van der Waals surface area contributed by atoms with Gasteiger partial charge in [0, 0.05) is 31.1 Å². The minimum atomic E-state index is -0.670. The Balaban J connectivity index is -0.000000173. The second-order valence-electron chi connectivity index (χ2n) is 13.3. The molecule has 0 saturated carbocycles. The van der Waals surface area contributed by atoms with Crippen LogP contribution >= 0.6 is 0 Å². The van der Waals surface area contributed by atoms with Gasteiger partial charge in [0.1, 0.15) is 0 Å². The Morgan fingerprint density at radius 1 is 0.333 bits per heavy atom. The van der Waals surface area contributed by atoms with Crippen molar-refractivity contribution in [1.29, 1.82) is 0 Å². The van der Waals surface area contributed by atoms with Crippen LogP contribution < -0.4 is 0 Å². The van der Waals surface area contributed by atoms with Crippen LogP contribution in [0, 0.1) is 5.41 Å². The molecule has 0 bridgehead atoms. The molecule has 0 atom stereocenters. The highest BCUT2D eigenvalue weighted by molar-refractivity contribution is 5.67. The molecule has 0 unspecified atom stereocenters. The van der Waals surface area contributed by atoms with E-state index in [0.29, 0.717) is 32.1 Å². The van der Waals surface area contributed by atoms with Crippen LogP contribution in [0.3, 0.4) is 0 Å². The summed E-state index contributed by atoms with van der Waals surface area (Å²) in [5.74, 6) is -2.67. The summed E-state index contributed by atoms with van der Waals surface area (Å²) >= 11 is 0. The largest absolute Gasteiger partial charge is 0.481 e. The van der Waals surface area contributed by atoms with Crippen molar-refractivity contribution in [2.24, 2.45) is 5.41 Å². The lowest BCUT2D eigenvalue weighted by Crippen LogP contribution is -2.32. The van der Waals surface area contributed by atoms with Gasteiger partial charge in [0.25, 0.3) is 0 Å². The molecule has 0 aliphatic carbocycles. The number of carboxylic acid groups (broad SMARTS) is 4. The van der Waals surface area contributed by atoms with Gasteiger partial charge in [-0.1, -0.05) is 150 Å². The van der Waals surface area contributed by atoms with Gasteiger partial charge in [-0.3, -0.25) is 19.2 Å². The van der Waals surface area contributed by atoms with E-state index in [4.69, 9.17) is 35.7 Å². The predicted molar refractivity (Wildman–Crippen MR) is 207 cm³/mol. The van der Waals surface area contributed by atoms with Crippen molar-refractivity contribution in [3.05, 3.63) is 0 Å². The molecule has 0 aromatic rings. The average molecular weight is 739 g/mol. The minimum Gasteiger partial charge on any atom is -0.481 e.